The molecule has 1 atom stereocenters. The Labute approximate surface area is 225 Å². The van der Waals surface area contributed by atoms with E-state index in [0.29, 0.717) is 31.9 Å². The number of carbonyl (C=O) groups excluding carboxylic acids is 2. The molecule has 0 saturated carbocycles. The van der Waals surface area contributed by atoms with Crippen LogP contribution in [0.2, 0.25) is 0 Å². The molecule has 1 aliphatic rings. The van der Waals surface area contributed by atoms with Crippen molar-refractivity contribution >= 4 is 40.7 Å². The highest BCUT2D eigenvalue weighted by Gasteiger charge is 2.27. The summed E-state index contributed by atoms with van der Waals surface area (Å²) in [5, 5.41) is 4.94. The van der Waals surface area contributed by atoms with Crippen LogP contribution in [0, 0.1) is 12.7 Å². The van der Waals surface area contributed by atoms with Gasteiger partial charge in [0, 0.05) is 35.2 Å². The first-order valence-corrected chi connectivity index (χ1v) is 14.4. The van der Waals surface area contributed by atoms with Crippen molar-refractivity contribution < 1.29 is 18.7 Å². The van der Waals surface area contributed by atoms with Crippen LogP contribution in [0.4, 0.5) is 14.9 Å². The number of anilines is 1. The average Bonchev–Trinajstić information content (AvgIpc) is 3.56. The number of halogens is 1. The lowest BCUT2D eigenvalue weighted by Crippen LogP contribution is -2.46. The second-order valence-electron chi connectivity index (χ2n) is 9.08. The largest absolute Gasteiger partial charge is 0.376 e. The molecule has 4 rings (SSSR count). The fourth-order valence-electron chi connectivity index (χ4n) is 4.18. The van der Waals surface area contributed by atoms with Gasteiger partial charge in [0.15, 0.2) is 0 Å². The number of thioether (sulfide) groups is 1. The lowest BCUT2D eigenvalue weighted by Gasteiger charge is -2.29. The number of rotatable bonds is 10. The van der Waals surface area contributed by atoms with Crippen LogP contribution < -0.4 is 5.32 Å². The summed E-state index contributed by atoms with van der Waals surface area (Å²) in [7, 11) is 0. The molecule has 0 bridgehead atoms. The van der Waals surface area contributed by atoms with Gasteiger partial charge in [0.05, 0.1) is 12.6 Å². The van der Waals surface area contributed by atoms with Crippen LogP contribution in [0.1, 0.15) is 28.8 Å². The number of aryl methyl sites for hydroxylation is 1. The van der Waals surface area contributed by atoms with Gasteiger partial charge in [-0.1, -0.05) is 12.1 Å². The minimum Gasteiger partial charge on any atom is -0.376 e. The molecular weight excluding hydrogens is 509 g/mol. The lowest BCUT2D eigenvalue weighted by atomic mass is 10.2. The Bertz CT molecular complexity index is 1180. The number of hydrogen-bond donors (Lipinski definition) is 1. The molecule has 2 heterocycles. The topological polar surface area (TPSA) is 61.9 Å². The third-order valence-electron chi connectivity index (χ3n) is 6.34. The van der Waals surface area contributed by atoms with Crippen LogP contribution in [0.5, 0.6) is 0 Å². The summed E-state index contributed by atoms with van der Waals surface area (Å²) in [6.07, 6.45) is 3.70. The Morgan fingerprint density at radius 2 is 1.84 bits per heavy atom. The van der Waals surface area contributed by atoms with Gasteiger partial charge in [-0.05, 0) is 85.0 Å². The van der Waals surface area contributed by atoms with E-state index < -0.39 is 0 Å². The summed E-state index contributed by atoms with van der Waals surface area (Å²) in [5.74, 6) is -0.497. The number of ether oxygens (including phenoxy) is 1. The van der Waals surface area contributed by atoms with Crippen molar-refractivity contribution in [1.82, 2.24) is 9.80 Å². The van der Waals surface area contributed by atoms with Crippen LogP contribution >= 0.6 is 23.1 Å². The highest BCUT2D eigenvalue weighted by molar-refractivity contribution is 7.98. The summed E-state index contributed by atoms with van der Waals surface area (Å²) in [6, 6.07) is 15.5. The van der Waals surface area contributed by atoms with Crippen molar-refractivity contribution in [2.24, 2.45) is 0 Å². The normalized spacial score (nSPS) is 14.9. The molecule has 1 unspecified atom stereocenters. The number of nitrogens with one attached hydrogen (secondary N) is 1. The van der Waals surface area contributed by atoms with Gasteiger partial charge in [-0.3, -0.25) is 4.79 Å². The van der Waals surface area contributed by atoms with Crippen LogP contribution in [0.25, 0.3) is 0 Å². The minimum absolute atomic E-state index is 0.0831. The standard InChI is InChI=1S/C28H32FN3O3S2/c1-20-13-15-37-26(20)18-31(16-21-5-7-22(29)8-6-21)27(33)19-32(17-24-4-3-14-35-24)28(34)30-23-9-11-25(36-2)12-10-23/h5-13,15,24H,3-4,14,16-19H2,1-2H3,(H,30,34). The number of carbonyl (C=O) groups is 2. The second-order valence-corrected chi connectivity index (χ2v) is 11.0. The monoisotopic (exact) mass is 541 g/mol. The lowest BCUT2D eigenvalue weighted by molar-refractivity contribution is -0.133. The number of nitrogens with zero attached hydrogens (tertiary/aromatic N) is 2. The highest BCUT2D eigenvalue weighted by Crippen LogP contribution is 2.22. The van der Waals surface area contributed by atoms with Gasteiger partial charge in [0.1, 0.15) is 12.4 Å². The fraction of sp³-hybridized carbons (Fsp3) is 0.357. The Hall–Kier alpha value is -2.88. The van der Waals surface area contributed by atoms with Crippen molar-refractivity contribution in [3.63, 3.8) is 0 Å². The van der Waals surface area contributed by atoms with Crippen LogP contribution in [-0.2, 0) is 22.6 Å². The number of benzene rings is 2. The maximum Gasteiger partial charge on any atom is 0.322 e. The van der Waals surface area contributed by atoms with Crippen molar-refractivity contribution in [3.05, 3.63) is 81.8 Å². The first kappa shape index (κ1) is 27.2. The maximum absolute atomic E-state index is 13.7. The van der Waals surface area contributed by atoms with Gasteiger partial charge >= 0.3 is 6.03 Å². The van der Waals surface area contributed by atoms with E-state index in [1.54, 1.807) is 45.0 Å². The van der Waals surface area contributed by atoms with Gasteiger partial charge in [-0.25, -0.2) is 9.18 Å². The summed E-state index contributed by atoms with van der Waals surface area (Å²) in [4.78, 5) is 32.4. The van der Waals surface area contributed by atoms with E-state index in [4.69, 9.17) is 4.74 Å². The van der Waals surface area contributed by atoms with E-state index in [9.17, 15) is 14.0 Å². The number of hydrogen-bond acceptors (Lipinski definition) is 5. The molecule has 1 aliphatic heterocycles. The van der Waals surface area contributed by atoms with Gasteiger partial charge in [-0.15, -0.1) is 23.1 Å². The Morgan fingerprint density at radius 3 is 2.46 bits per heavy atom. The first-order chi connectivity index (χ1) is 17.9. The highest BCUT2D eigenvalue weighted by atomic mass is 32.2. The number of urea groups is 1. The average molecular weight is 542 g/mol. The van der Waals surface area contributed by atoms with E-state index in [1.807, 2.05) is 48.9 Å². The zero-order valence-corrected chi connectivity index (χ0v) is 22.7. The Morgan fingerprint density at radius 1 is 1.08 bits per heavy atom. The summed E-state index contributed by atoms with van der Waals surface area (Å²) < 4.78 is 19.3. The number of amides is 3. The van der Waals surface area contributed by atoms with E-state index >= 15 is 0 Å². The molecular formula is C28H32FN3O3S2. The summed E-state index contributed by atoms with van der Waals surface area (Å²) in [6.45, 7) is 3.68. The Kier molecular flexibility index (Phi) is 9.60. The minimum atomic E-state index is -0.338. The zero-order chi connectivity index (χ0) is 26.2. The van der Waals surface area contributed by atoms with Gasteiger partial charge in [0.25, 0.3) is 0 Å². The SMILES string of the molecule is CSc1ccc(NC(=O)N(CC(=O)N(Cc2ccc(F)cc2)Cc2sccc2C)CC2CCCO2)cc1. The predicted molar refractivity (Wildman–Crippen MR) is 147 cm³/mol. The van der Waals surface area contributed by atoms with Gasteiger partial charge < -0.3 is 19.9 Å². The van der Waals surface area contributed by atoms with Crippen LogP contribution in [-0.4, -0.2) is 53.8 Å². The molecule has 1 saturated heterocycles. The molecule has 0 spiro atoms. The van der Waals surface area contributed by atoms with E-state index in [1.165, 1.54) is 12.1 Å². The van der Waals surface area contributed by atoms with E-state index in [-0.39, 0.29) is 30.4 Å². The molecule has 3 amide bonds. The van der Waals surface area contributed by atoms with Gasteiger partial charge in [0.2, 0.25) is 5.91 Å². The first-order valence-electron chi connectivity index (χ1n) is 12.3. The van der Waals surface area contributed by atoms with Crippen LogP contribution in [0.15, 0.2) is 64.9 Å². The maximum atomic E-state index is 13.7. The third kappa shape index (κ3) is 7.80. The number of thiophene rings is 1. The van der Waals surface area contributed by atoms with E-state index in [2.05, 4.69) is 5.32 Å². The molecule has 0 radical (unpaired) electrons. The van der Waals surface area contributed by atoms with Crippen molar-refractivity contribution in [3.8, 4) is 0 Å². The van der Waals surface area contributed by atoms with E-state index in [0.717, 1.165) is 33.7 Å². The molecule has 6 nitrogen and oxygen atoms in total. The quantitative estimate of drug-likeness (QED) is 0.312. The molecule has 1 fully saturated rings. The summed E-state index contributed by atoms with van der Waals surface area (Å²) in [5.41, 5.74) is 2.61. The third-order valence-corrected chi connectivity index (χ3v) is 8.10. The molecule has 2 aromatic carbocycles. The van der Waals surface area contributed by atoms with Crippen molar-refractivity contribution in [2.45, 2.75) is 43.9 Å². The van der Waals surface area contributed by atoms with Crippen LogP contribution in [0.3, 0.4) is 0 Å². The molecule has 196 valence electrons. The second kappa shape index (κ2) is 13.1. The molecule has 1 aromatic heterocycles. The van der Waals surface area contributed by atoms with Crippen molar-refractivity contribution in [2.75, 3.05) is 31.3 Å². The molecule has 37 heavy (non-hydrogen) atoms. The smallest absolute Gasteiger partial charge is 0.322 e. The molecule has 3 aromatic rings. The predicted octanol–water partition coefficient (Wildman–Crippen LogP) is 6.16. The molecule has 1 N–H and O–H groups in total. The van der Waals surface area contributed by atoms with Gasteiger partial charge in [-0.2, -0.15) is 0 Å². The Balaban J connectivity index is 1.51. The summed E-state index contributed by atoms with van der Waals surface area (Å²) >= 11 is 3.23. The molecule has 9 heteroatoms. The fourth-order valence-corrected chi connectivity index (χ4v) is 5.50. The zero-order valence-electron chi connectivity index (χ0n) is 21.1. The molecule has 0 aliphatic carbocycles. The van der Waals surface area contributed by atoms with Crippen molar-refractivity contribution in [1.29, 1.82) is 0 Å².